The van der Waals surface area contributed by atoms with Crippen LogP contribution in [0.3, 0.4) is 0 Å². The molecule has 0 spiro atoms. The second kappa shape index (κ2) is 5.71. The topological polar surface area (TPSA) is 26.3 Å². The van der Waals surface area contributed by atoms with Crippen molar-refractivity contribution in [3.8, 4) is 0 Å². The molecule has 0 aromatic rings. The van der Waals surface area contributed by atoms with Crippen LogP contribution in [0.1, 0.15) is 13.3 Å². The molecule has 0 aromatic carbocycles. The summed E-state index contributed by atoms with van der Waals surface area (Å²) in [7, 11) is 0. The molecule has 0 heterocycles. The zero-order valence-corrected chi connectivity index (χ0v) is 6.88. The van der Waals surface area contributed by atoms with Gasteiger partial charge in [0.25, 0.3) is 0 Å². The molecule has 0 saturated heterocycles. The van der Waals surface area contributed by atoms with E-state index >= 15 is 0 Å². The van der Waals surface area contributed by atoms with Gasteiger partial charge in [-0.3, -0.25) is 0 Å². The molecule has 11 heavy (non-hydrogen) atoms. The van der Waals surface area contributed by atoms with Crippen LogP contribution in [-0.2, 0) is 9.53 Å². The highest BCUT2D eigenvalue weighted by Crippen LogP contribution is 2.03. The van der Waals surface area contributed by atoms with Gasteiger partial charge >= 0.3 is 5.97 Å². The zero-order valence-electron chi connectivity index (χ0n) is 6.88. The molecule has 0 aliphatic heterocycles. The van der Waals surface area contributed by atoms with Gasteiger partial charge in [0.1, 0.15) is 0 Å². The van der Waals surface area contributed by atoms with Crippen LogP contribution in [0.15, 0.2) is 25.3 Å². The van der Waals surface area contributed by atoms with Crippen molar-refractivity contribution < 1.29 is 9.53 Å². The summed E-state index contributed by atoms with van der Waals surface area (Å²) in [6.45, 7) is 9.34. The van der Waals surface area contributed by atoms with Crippen molar-refractivity contribution in [1.82, 2.24) is 0 Å². The summed E-state index contributed by atoms with van der Waals surface area (Å²) in [6.07, 6.45) is 3.89. The van der Waals surface area contributed by atoms with Crippen molar-refractivity contribution in [3.05, 3.63) is 25.3 Å². The van der Waals surface area contributed by atoms with Gasteiger partial charge in [0.15, 0.2) is 0 Å². The first-order valence-electron chi connectivity index (χ1n) is 3.66. The van der Waals surface area contributed by atoms with Gasteiger partial charge in [0, 0.05) is 12.0 Å². The SMILES string of the molecule is C=CC(=O)OCC(C=C)CC. The molecule has 2 heteroatoms. The van der Waals surface area contributed by atoms with Crippen molar-refractivity contribution in [3.63, 3.8) is 0 Å². The smallest absolute Gasteiger partial charge is 0.330 e. The van der Waals surface area contributed by atoms with Gasteiger partial charge < -0.3 is 4.74 Å². The molecule has 0 aliphatic rings. The van der Waals surface area contributed by atoms with Crippen LogP contribution in [0.25, 0.3) is 0 Å². The first kappa shape index (κ1) is 9.95. The lowest BCUT2D eigenvalue weighted by Gasteiger charge is -2.08. The summed E-state index contributed by atoms with van der Waals surface area (Å²) < 4.78 is 4.81. The predicted octanol–water partition coefficient (Wildman–Crippen LogP) is 1.93. The summed E-state index contributed by atoms with van der Waals surface area (Å²) in [5.74, 6) is -0.107. The Morgan fingerprint density at radius 3 is 2.64 bits per heavy atom. The largest absolute Gasteiger partial charge is 0.462 e. The average Bonchev–Trinajstić information content (AvgIpc) is 2.06. The lowest BCUT2D eigenvalue weighted by atomic mass is 10.1. The number of rotatable bonds is 5. The molecular formula is C9H14O2. The first-order chi connectivity index (χ1) is 5.24. The molecule has 0 bridgehead atoms. The fraction of sp³-hybridized carbons (Fsp3) is 0.444. The van der Waals surface area contributed by atoms with E-state index in [-0.39, 0.29) is 11.9 Å². The van der Waals surface area contributed by atoms with Crippen LogP contribution in [0.2, 0.25) is 0 Å². The maximum atomic E-state index is 10.6. The van der Waals surface area contributed by atoms with Crippen molar-refractivity contribution in [1.29, 1.82) is 0 Å². The minimum Gasteiger partial charge on any atom is -0.462 e. The number of esters is 1. The van der Waals surface area contributed by atoms with E-state index in [2.05, 4.69) is 13.2 Å². The van der Waals surface area contributed by atoms with Crippen LogP contribution >= 0.6 is 0 Å². The maximum Gasteiger partial charge on any atom is 0.330 e. The van der Waals surface area contributed by atoms with E-state index < -0.39 is 0 Å². The third-order valence-corrected chi connectivity index (χ3v) is 1.46. The second-order valence-corrected chi connectivity index (χ2v) is 2.24. The van der Waals surface area contributed by atoms with Gasteiger partial charge in [0.2, 0.25) is 0 Å². The Bertz CT molecular complexity index is 150. The highest BCUT2D eigenvalue weighted by molar-refractivity contribution is 5.81. The third kappa shape index (κ3) is 4.37. The number of hydrogen-bond donors (Lipinski definition) is 0. The Balaban J connectivity index is 3.58. The molecule has 0 saturated carbocycles. The third-order valence-electron chi connectivity index (χ3n) is 1.46. The lowest BCUT2D eigenvalue weighted by molar-refractivity contribution is -0.138. The van der Waals surface area contributed by atoms with E-state index in [1.165, 1.54) is 0 Å². The molecule has 1 unspecified atom stereocenters. The monoisotopic (exact) mass is 154 g/mol. The summed E-state index contributed by atoms with van der Waals surface area (Å²) in [5, 5.41) is 0. The van der Waals surface area contributed by atoms with Gasteiger partial charge in [-0.05, 0) is 6.42 Å². The molecule has 62 valence electrons. The molecule has 1 atom stereocenters. The zero-order chi connectivity index (χ0) is 8.69. The predicted molar refractivity (Wildman–Crippen MR) is 45.1 cm³/mol. The minimum absolute atomic E-state index is 0.263. The molecule has 0 aliphatic carbocycles. The van der Waals surface area contributed by atoms with Crippen molar-refractivity contribution in [2.24, 2.45) is 5.92 Å². The number of ether oxygens (including phenoxy) is 1. The van der Waals surface area contributed by atoms with Gasteiger partial charge in [-0.1, -0.05) is 19.6 Å². The average molecular weight is 154 g/mol. The van der Waals surface area contributed by atoms with Crippen molar-refractivity contribution >= 4 is 5.97 Å². The second-order valence-electron chi connectivity index (χ2n) is 2.24. The molecular weight excluding hydrogens is 140 g/mol. The lowest BCUT2D eigenvalue weighted by Crippen LogP contribution is -2.09. The normalized spacial score (nSPS) is 11.7. The highest BCUT2D eigenvalue weighted by atomic mass is 16.5. The van der Waals surface area contributed by atoms with E-state index in [0.717, 1.165) is 12.5 Å². The Kier molecular flexibility index (Phi) is 5.17. The van der Waals surface area contributed by atoms with Crippen molar-refractivity contribution in [2.45, 2.75) is 13.3 Å². The van der Waals surface area contributed by atoms with Gasteiger partial charge in [0.05, 0.1) is 6.61 Å². The molecule has 0 rings (SSSR count). The Hall–Kier alpha value is -1.05. The number of carbonyl (C=O) groups is 1. The molecule has 2 nitrogen and oxygen atoms in total. The van der Waals surface area contributed by atoms with Crippen molar-refractivity contribution in [2.75, 3.05) is 6.61 Å². The first-order valence-corrected chi connectivity index (χ1v) is 3.66. The summed E-state index contributed by atoms with van der Waals surface area (Å²) in [5.41, 5.74) is 0. The highest BCUT2D eigenvalue weighted by Gasteiger charge is 2.02. The molecule has 0 fully saturated rings. The van der Waals surface area contributed by atoms with Crippen LogP contribution in [0.4, 0.5) is 0 Å². The Morgan fingerprint density at radius 2 is 2.27 bits per heavy atom. The van der Waals surface area contributed by atoms with Gasteiger partial charge in [-0.15, -0.1) is 6.58 Å². The van der Waals surface area contributed by atoms with E-state index in [9.17, 15) is 4.79 Å². The van der Waals surface area contributed by atoms with E-state index in [1.54, 1.807) is 6.08 Å². The molecule has 0 radical (unpaired) electrons. The quantitative estimate of drug-likeness (QED) is 0.343. The van der Waals surface area contributed by atoms with Gasteiger partial charge in [-0.25, -0.2) is 4.79 Å². The Labute approximate surface area is 67.6 Å². The van der Waals surface area contributed by atoms with Crippen LogP contribution in [0.5, 0.6) is 0 Å². The van der Waals surface area contributed by atoms with Crippen LogP contribution in [0, 0.1) is 5.92 Å². The fourth-order valence-electron chi connectivity index (χ4n) is 0.601. The molecule has 0 amide bonds. The standard InChI is InChI=1S/C9H14O2/c1-4-8(5-2)7-11-9(10)6-3/h4,6,8H,1,3,5,7H2,2H3. The van der Waals surface area contributed by atoms with E-state index in [0.29, 0.717) is 6.61 Å². The Morgan fingerprint density at radius 1 is 1.64 bits per heavy atom. The van der Waals surface area contributed by atoms with E-state index in [1.807, 2.05) is 6.92 Å². The summed E-state index contributed by atoms with van der Waals surface area (Å²) in [4.78, 5) is 10.6. The van der Waals surface area contributed by atoms with Crippen LogP contribution in [-0.4, -0.2) is 12.6 Å². The molecule has 0 aromatic heterocycles. The maximum absolute atomic E-state index is 10.6. The number of hydrogen-bond acceptors (Lipinski definition) is 2. The summed E-state index contributed by atoms with van der Waals surface area (Å²) >= 11 is 0. The minimum atomic E-state index is -0.370. The molecule has 0 N–H and O–H groups in total. The summed E-state index contributed by atoms with van der Waals surface area (Å²) in [6, 6.07) is 0. The van der Waals surface area contributed by atoms with Crippen LogP contribution < -0.4 is 0 Å². The number of carbonyl (C=O) groups excluding carboxylic acids is 1. The van der Waals surface area contributed by atoms with E-state index in [4.69, 9.17) is 4.74 Å². The fourth-order valence-corrected chi connectivity index (χ4v) is 0.601. The van der Waals surface area contributed by atoms with Gasteiger partial charge in [-0.2, -0.15) is 0 Å².